The molecule has 2 aromatic rings. The summed E-state index contributed by atoms with van der Waals surface area (Å²) in [6, 6.07) is 1.96. The summed E-state index contributed by atoms with van der Waals surface area (Å²) in [6.45, 7) is 1.47. The Labute approximate surface area is 202 Å². The largest absolute Gasteiger partial charge is 0.446 e. The third kappa shape index (κ3) is 4.90. The monoisotopic (exact) mass is 513 g/mol. The fourth-order valence-corrected chi connectivity index (χ4v) is 6.67. The molecule has 1 aliphatic carbocycles. The Bertz CT molecular complexity index is 1070. The minimum absolute atomic E-state index is 0.0134. The quantitative estimate of drug-likeness (QED) is 0.563. The Balaban J connectivity index is 1.29. The maximum atomic E-state index is 12.6. The first-order valence-electron chi connectivity index (χ1n) is 11.4. The zero-order chi connectivity index (χ0) is 23.9. The van der Waals surface area contributed by atoms with Crippen molar-refractivity contribution < 1.29 is 22.5 Å². The molecule has 34 heavy (non-hydrogen) atoms. The summed E-state index contributed by atoms with van der Waals surface area (Å²) in [6.07, 6.45) is 7.50. The van der Waals surface area contributed by atoms with Gasteiger partial charge in [-0.05, 0) is 43.9 Å². The summed E-state index contributed by atoms with van der Waals surface area (Å²) in [5.41, 5.74) is -3.03. The van der Waals surface area contributed by atoms with Gasteiger partial charge in [-0.3, -0.25) is 4.21 Å². The highest BCUT2D eigenvalue weighted by Crippen LogP contribution is 2.41. The number of piperidine rings is 1. The normalized spacial score (nSPS) is 22.4. The van der Waals surface area contributed by atoms with Crippen molar-refractivity contribution in [2.24, 2.45) is 0 Å². The first kappa shape index (κ1) is 23.8. The van der Waals surface area contributed by atoms with Crippen molar-refractivity contribution in [1.82, 2.24) is 15.0 Å². The van der Waals surface area contributed by atoms with E-state index in [0.29, 0.717) is 31.1 Å². The number of hydrogen-bond donors (Lipinski definition) is 2. The predicted octanol–water partition coefficient (Wildman–Crippen LogP) is 3.86. The summed E-state index contributed by atoms with van der Waals surface area (Å²) in [5.74, 6) is 2.03. The van der Waals surface area contributed by atoms with E-state index in [2.05, 4.69) is 20.2 Å². The number of pyridine rings is 1. The van der Waals surface area contributed by atoms with Crippen LogP contribution in [0.15, 0.2) is 28.3 Å². The van der Waals surface area contributed by atoms with Gasteiger partial charge in [0.25, 0.3) is 0 Å². The molecule has 3 aliphatic rings. The maximum Gasteiger partial charge on any atom is 0.446 e. The molecule has 5 rings (SSSR count). The van der Waals surface area contributed by atoms with Gasteiger partial charge in [0.15, 0.2) is 0 Å². The average Bonchev–Trinajstić information content (AvgIpc) is 3.17. The third-order valence-corrected chi connectivity index (χ3v) is 9.02. The van der Waals surface area contributed by atoms with E-state index in [0.717, 1.165) is 54.2 Å². The molecule has 2 aromatic heterocycles. The van der Waals surface area contributed by atoms with E-state index in [1.54, 1.807) is 0 Å². The number of nitrogens with one attached hydrogen (secondary N) is 1. The van der Waals surface area contributed by atoms with Gasteiger partial charge in [0.2, 0.25) is 0 Å². The van der Waals surface area contributed by atoms with Gasteiger partial charge in [0.1, 0.15) is 11.6 Å². The van der Waals surface area contributed by atoms with E-state index in [-0.39, 0.29) is 34.7 Å². The van der Waals surface area contributed by atoms with Crippen LogP contribution in [0, 0.1) is 0 Å². The number of alkyl halides is 3. The summed E-state index contributed by atoms with van der Waals surface area (Å²) >= 11 is -0.209. The van der Waals surface area contributed by atoms with Crippen LogP contribution in [0.1, 0.15) is 49.5 Å². The number of nitrogens with zero attached hydrogens (tertiary/aromatic N) is 4. The lowest BCUT2D eigenvalue weighted by molar-refractivity contribution is -0.0328. The van der Waals surface area contributed by atoms with E-state index in [9.17, 15) is 22.5 Å². The first-order chi connectivity index (χ1) is 16.3. The molecule has 1 saturated heterocycles. The second-order valence-corrected chi connectivity index (χ2v) is 11.8. The van der Waals surface area contributed by atoms with E-state index < -0.39 is 16.3 Å². The molecular weight excluding hydrogens is 487 g/mol. The molecule has 4 heterocycles. The lowest BCUT2D eigenvalue weighted by atomic mass is 9.77. The van der Waals surface area contributed by atoms with Gasteiger partial charge in [-0.2, -0.15) is 13.2 Å². The smallest absolute Gasteiger partial charge is 0.394 e. The highest BCUT2D eigenvalue weighted by molar-refractivity contribution is 8.00. The zero-order valence-corrected chi connectivity index (χ0v) is 20.1. The molecule has 0 bridgehead atoms. The number of halogens is 3. The summed E-state index contributed by atoms with van der Waals surface area (Å²) in [4.78, 5) is 16.1. The van der Waals surface area contributed by atoms with Crippen molar-refractivity contribution in [3.05, 3.63) is 30.0 Å². The Morgan fingerprint density at radius 1 is 1.24 bits per heavy atom. The van der Waals surface area contributed by atoms with Crippen LogP contribution in [-0.2, 0) is 17.2 Å². The Morgan fingerprint density at radius 2 is 1.94 bits per heavy atom. The first-order valence-corrected chi connectivity index (χ1v) is 13.5. The van der Waals surface area contributed by atoms with Gasteiger partial charge in [-0.25, -0.2) is 15.0 Å². The Kier molecular flexibility index (Phi) is 6.49. The van der Waals surface area contributed by atoms with Gasteiger partial charge in [-0.15, -0.1) is 0 Å². The number of aliphatic hydroxyl groups is 1. The van der Waals surface area contributed by atoms with Gasteiger partial charge in [0.05, 0.1) is 44.1 Å². The minimum atomic E-state index is -4.35. The van der Waals surface area contributed by atoms with Crippen LogP contribution in [0.2, 0.25) is 0 Å². The maximum absolute atomic E-state index is 12.6. The minimum Gasteiger partial charge on any atom is -0.394 e. The molecule has 0 unspecified atom stereocenters. The molecule has 1 atom stereocenters. The molecule has 1 saturated carbocycles. The lowest BCUT2D eigenvalue weighted by Gasteiger charge is -2.42. The van der Waals surface area contributed by atoms with Crippen molar-refractivity contribution in [3.63, 3.8) is 0 Å². The highest BCUT2D eigenvalue weighted by Gasteiger charge is 2.38. The molecule has 7 nitrogen and oxygen atoms in total. The summed E-state index contributed by atoms with van der Waals surface area (Å²) < 4.78 is 50.2. The van der Waals surface area contributed by atoms with Gasteiger partial charge in [0, 0.05) is 49.6 Å². The fourth-order valence-electron chi connectivity index (χ4n) is 4.84. The molecule has 0 aromatic carbocycles. The molecule has 0 radical (unpaired) electrons. The van der Waals surface area contributed by atoms with Gasteiger partial charge in [-0.1, -0.05) is 0 Å². The van der Waals surface area contributed by atoms with Crippen molar-refractivity contribution in [3.8, 4) is 0 Å². The van der Waals surface area contributed by atoms with Crippen LogP contribution in [0.3, 0.4) is 0 Å². The SMILES string of the molecule is O=[S@]1CCc2nc(N3CCC(c4ncc(SC(F)(F)F)cn4)CC3)cc(NC3(CO)CCC3)c21. The van der Waals surface area contributed by atoms with Crippen molar-refractivity contribution >= 4 is 34.1 Å². The van der Waals surface area contributed by atoms with E-state index >= 15 is 0 Å². The molecule has 0 spiro atoms. The number of hydrogen-bond acceptors (Lipinski definition) is 8. The molecule has 12 heteroatoms. The zero-order valence-electron chi connectivity index (χ0n) is 18.5. The van der Waals surface area contributed by atoms with Gasteiger partial charge < -0.3 is 15.3 Å². The number of aromatic nitrogens is 3. The van der Waals surface area contributed by atoms with Crippen LogP contribution in [-0.4, -0.2) is 60.8 Å². The van der Waals surface area contributed by atoms with E-state index in [1.807, 2.05) is 6.07 Å². The lowest BCUT2D eigenvalue weighted by Crippen LogP contribution is -2.48. The second-order valence-electron chi connectivity index (χ2n) is 9.11. The van der Waals surface area contributed by atoms with Crippen molar-refractivity contribution in [2.45, 2.75) is 65.3 Å². The average molecular weight is 514 g/mol. The number of aryl methyl sites for hydroxylation is 1. The van der Waals surface area contributed by atoms with Crippen LogP contribution >= 0.6 is 11.8 Å². The molecule has 0 amide bonds. The van der Waals surface area contributed by atoms with E-state index in [4.69, 9.17) is 4.98 Å². The molecule has 2 aliphatic heterocycles. The molecule has 2 fully saturated rings. The number of rotatable bonds is 6. The molecular formula is C22H26F3N5O2S2. The standard InChI is InChI=1S/C22H26F3N5O2S2/c23-22(24,25)33-15-11-26-20(27-12-15)14-2-7-30(8-3-14)18-10-17(29-21(13-31)5-1-6-21)19-16(28-18)4-9-34(19)32/h10-12,14,31H,1-9,13H2,(H,28,29)/t34-/m0/s1. The predicted molar refractivity (Wildman–Crippen MR) is 125 cm³/mol. The van der Waals surface area contributed by atoms with Crippen LogP contribution in [0.5, 0.6) is 0 Å². The van der Waals surface area contributed by atoms with Crippen LogP contribution < -0.4 is 10.2 Å². The topological polar surface area (TPSA) is 91.2 Å². The van der Waals surface area contributed by atoms with Crippen molar-refractivity contribution in [1.29, 1.82) is 0 Å². The summed E-state index contributed by atoms with van der Waals surface area (Å²) in [5, 5.41) is 13.4. The van der Waals surface area contributed by atoms with Crippen LogP contribution in [0.25, 0.3) is 0 Å². The Morgan fingerprint density at radius 3 is 2.53 bits per heavy atom. The van der Waals surface area contributed by atoms with Crippen LogP contribution in [0.4, 0.5) is 24.7 Å². The Hall–Kier alpha value is -1.92. The van der Waals surface area contributed by atoms with E-state index in [1.165, 1.54) is 12.4 Å². The fraction of sp³-hybridized carbons (Fsp3) is 0.591. The number of thioether (sulfide) groups is 1. The highest BCUT2D eigenvalue weighted by atomic mass is 32.2. The molecule has 2 N–H and O–H groups in total. The summed E-state index contributed by atoms with van der Waals surface area (Å²) in [7, 11) is -1.09. The number of fused-ring (bicyclic) bond motifs is 1. The third-order valence-electron chi connectivity index (χ3n) is 6.86. The van der Waals surface area contributed by atoms with Crippen molar-refractivity contribution in [2.75, 3.05) is 35.7 Å². The van der Waals surface area contributed by atoms with Gasteiger partial charge >= 0.3 is 5.51 Å². The number of anilines is 2. The second kappa shape index (κ2) is 9.27. The molecule has 184 valence electrons. The number of aliphatic hydroxyl groups excluding tert-OH is 1.